The van der Waals surface area contributed by atoms with Crippen molar-refractivity contribution in [2.75, 3.05) is 21.3 Å². The number of amides is 2. The van der Waals surface area contributed by atoms with Crippen molar-refractivity contribution in [3.63, 3.8) is 0 Å². The van der Waals surface area contributed by atoms with E-state index < -0.39 is 11.4 Å². The van der Waals surface area contributed by atoms with Crippen LogP contribution in [0.5, 0.6) is 17.2 Å². The lowest BCUT2D eigenvalue weighted by atomic mass is 9.85. The van der Waals surface area contributed by atoms with Gasteiger partial charge in [0.2, 0.25) is 11.8 Å². The molecule has 1 atom stereocenters. The highest BCUT2D eigenvalue weighted by atomic mass is 19.1. The van der Waals surface area contributed by atoms with Gasteiger partial charge in [-0.3, -0.25) is 9.59 Å². The van der Waals surface area contributed by atoms with Crippen LogP contribution in [-0.2, 0) is 22.6 Å². The first-order chi connectivity index (χ1) is 15.4. The molecule has 172 valence electrons. The molecule has 0 bridgehead atoms. The van der Waals surface area contributed by atoms with Crippen LogP contribution in [0, 0.1) is 5.82 Å². The third kappa shape index (κ3) is 5.69. The van der Waals surface area contributed by atoms with E-state index in [-0.39, 0.29) is 24.0 Å². The van der Waals surface area contributed by atoms with Gasteiger partial charge in [-0.2, -0.15) is 0 Å². The molecule has 0 saturated carbocycles. The summed E-state index contributed by atoms with van der Waals surface area (Å²) in [6.07, 6.45) is 2.24. The summed E-state index contributed by atoms with van der Waals surface area (Å²) in [5.41, 5.74) is 1.13. The van der Waals surface area contributed by atoms with Crippen LogP contribution in [-0.4, -0.2) is 38.7 Å². The highest BCUT2D eigenvalue weighted by Crippen LogP contribution is 2.31. The first kappa shape index (κ1) is 23.4. The van der Waals surface area contributed by atoms with Gasteiger partial charge in [0.1, 0.15) is 11.5 Å². The molecule has 0 radical (unpaired) electrons. The lowest BCUT2D eigenvalue weighted by molar-refractivity contribution is -0.122. The molecule has 7 nitrogen and oxygen atoms in total. The second-order valence-corrected chi connectivity index (χ2v) is 7.93. The molecule has 1 saturated heterocycles. The van der Waals surface area contributed by atoms with Gasteiger partial charge in [0.25, 0.3) is 0 Å². The minimum absolute atomic E-state index is 0.0394. The van der Waals surface area contributed by atoms with Gasteiger partial charge in [-0.15, -0.1) is 0 Å². The minimum Gasteiger partial charge on any atom is -0.497 e. The van der Waals surface area contributed by atoms with E-state index >= 15 is 0 Å². The van der Waals surface area contributed by atoms with Gasteiger partial charge >= 0.3 is 0 Å². The maximum atomic E-state index is 13.8. The van der Waals surface area contributed by atoms with Crippen molar-refractivity contribution in [3.8, 4) is 17.2 Å². The van der Waals surface area contributed by atoms with Gasteiger partial charge in [-0.25, -0.2) is 4.39 Å². The van der Waals surface area contributed by atoms with E-state index in [1.54, 1.807) is 32.4 Å². The molecule has 1 fully saturated rings. The molecule has 32 heavy (non-hydrogen) atoms. The molecule has 0 aromatic heterocycles. The average Bonchev–Trinajstić information content (AvgIpc) is 3.17. The van der Waals surface area contributed by atoms with Crippen LogP contribution < -0.4 is 24.8 Å². The molecule has 0 aliphatic carbocycles. The fraction of sp³-hybridized carbons (Fsp3) is 0.417. The molecule has 3 rings (SSSR count). The molecule has 2 aromatic rings. The zero-order valence-electron chi connectivity index (χ0n) is 18.6. The van der Waals surface area contributed by atoms with E-state index in [2.05, 4.69) is 10.6 Å². The van der Waals surface area contributed by atoms with E-state index in [1.165, 1.54) is 13.2 Å². The summed E-state index contributed by atoms with van der Waals surface area (Å²) in [5.74, 6) is 0.868. The van der Waals surface area contributed by atoms with Crippen LogP contribution in [0.1, 0.15) is 36.8 Å². The number of ether oxygens (including phenoxy) is 3. The Morgan fingerprint density at radius 3 is 2.53 bits per heavy atom. The van der Waals surface area contributed by atoms with E-state index in [1.807, 2.05) is 12.1 Å². The number of carbonyl (C=O) groups excluding carboxylic acids is 2. The number of rotatable bonds is 10. The molecule has 2 amide bonds. The Labute approximate surface area is 187 Å². The van der Waals surface area contributed by atoms with E-state index in [9.17, 15) is 14.0 Å². The Morgan fingerprint density at radius 1 is 1.09 bits per heavy atom. The van der Waals surface area contributed by atoms with Crippen LogP contribution in [0.2, 0.25) is 0 Å². The van der Waals surface area contributed by atoms with Crippen molar-refractivity contribution in [2.45, 2.75) is 44.2 Å². The Bertz CT molecular complexity index is 981. The van der Waals surface area contributed by atoms with E-state index in [0.29, 0.717) is 43.7 Å². The first-order valence-corrected chi connectivity index (χ1v) is 10.5. The molecule has 1 heterocycles. The molecule has 0 spiro atoms. The fourth-order valence-corrected chi connectivity index (χ4v) is 4.02. The van der Waals surface area contributed by atoms with Gasteiger partial charge in [0.15, 0.2) is 11.6 Å². The maximum Gasteiger partial charge on any atom is 0.220 e. The summed E-state index contributed by atoms with van der Waals surface area (Å²) >= 11 is 0. The van der Waals surface area contributed by atoms with Crippen LogP contribution in [0.15, 0.2) is 36.4 Å². The van der Waals surface area contributed by atoms with E-state index in [4.69, 9.17) is 14.2 Å². The van der Waals surface area contributed by atoms with Gasteiger partial charge in [-0.05, 0) is 49.1 Å². The molecule has 1 aliphatic rings. The Hall–Kier alpha value is -3.29. The predicted octanol–water partition coefficient (Wildman–Crippen LogP) is 3.14. The zero-order valence-corrected chi connectivity index (χ0v) is 18.6. The van der Waals surface area contributed by atoms with Crippen LogP contribution in [0.4, 0.5) is 4.39 Å². The summed E-state index contributed by atoms with van der Waals surface area (Å²) in [6.45, 7) is 0.320. The Balaban J connectivity index is 1.62. The summed E-state index contributed by atoms with van der Waals surface area (Å²) in [6, 6.07) is 10.1. The number of methoxy groups -OCH3 is 3. The fourth-order valence-electron chi connectivity index (χ4n) is 4.02. The lowest BCUT2D eigenvalue weighted by Crippen LogP contribution is -2.44. The van der Waals surface area contributed by atoms with Crippen LogP contribution in [0.3, 0.4) is 0 Å². The van der Waals surface area contributed by atoms with Crippen LogP contribution in [0.25, 0.3) is 0 Å². The Kier molecular flexibility index (Phi) is 7.56. The number of carbonyl (C=O) groups is 2. The molecular weight excluding hydrogens is 415 g/mol. The van der Waals surface area contributed by atoms with Gasteiger partial charge in [-0.1, -0.05) is 6.07 Å². The number of hydrogen-bond acceptors (Lipinski definition) is 5. The van der Waals surface area contributed by atoms with Gasteiger partial charge in [0, 0.05) is 36.6 Å². The van der Waals surface area contributed by atoms with Gasteiger partial charge in [0.05, 0.1) is 21.3 Å². The number of hydrogen-bond donors (Lipinski definition) is 2. The monoisotopic (exact) mass is 444 g/mol. The van der Waals surface area contributed by atoms with Crippen molar-refractivity contribution in [2.24, 2.45) is 0 Å². The predicted molar refractivity (Wildman–Crippen MR) is 117 cm³/mol. The highest BCUT2D eigenvalue weighted by molar-refractivity contribution is 5.80. The van der Waals surface area contributed by atoms with Crippen molar-refractivity contribution in [1.29, 1.82) is 0 Å². The summed E-state index contributed by atoms with van der Waals surface area (Å²) in [5, 5.41) is 5.95. The molecule has 2 aromatic carbocycles. The number of benzene rings is 2. The van der Waals surface area contributed by atoms with E-state index in [0.717, 1.165) is 11.1 Å². The van der Waals surface area contributed by atoms with Crippen molar-refractivity contribution in [1.82, 2.24) is 10.6 Å². The minimum atomic E-state index is -0.547. The average molecular weight is 445 g/mol. The summed E-state index contributed by atoms with van der Waals surface area (Å²) in [4.78, 5) is 24.5. The first-order valence-electron chi connectivity index (χ1n) is 10.5. The molecule has 2 N–H and O–H groups in total. The lowest BCUT2D eigenvalue weighted by Gasteiger charge is -2.29. The largest absolute Gasteiger partial charge is 0.497 e. The number of halogens is 1. The third-order valence-corrected chi connectivity index (χ3v) is 5.79. The Morgan fingerprint density at radius 2 is 1.88 bits per heavy atom. The van der Waals surface area contributed by atoms with Crippen molar-refractivity contribution >= 4 is 11.8 Å². The highest BCUT2D eigenvalue weighted by Gasteiger charge is 2.38. The number of nitrogens with one attached hydrogen (secondary N) is 2. The maximum absolute atomic E-state index is 13.8. The molecular formula is C24H29FN2O5. The van der Waals surface area contributed by atoms with Crippen molar-refractivity contribution < 1.29 is 28.2 Å². The normalized spacial score (nSPS) is 17.6. The molecule has 0 unspecified atom stereocenters. The SMILES string of the molecule is COc1ccc(CNC(=O)CC[C@@]2(Cc3ccc(F)c(OC)c3)CCC(=O)N2)c(OC)c1. The second kappa shape index (κ2) is 10.3. The zero-order chi connectivity index (χ0) is 23.1. The second-order valence-electron chi connectivity index (χ2n) is 7.93. The molecule has 1 aliphatic heterocycles. The molecule has 8 heteroatoms. The smallest absolute Gasteiger partial charge is 0.220 e. The summed E-state index contributed by atoms with van der Waals surface area (Å²) < 4.78 is 29.4. The summed E-state index contributed by atoms with van der Waals surface area (Å²) in [7, 11) is 4.56. The quantitative estimate of drug-likeness (QED) is 0.588. The third-order valence-electron chi connectivity index (χ3n) is 5.79. The van der Waals surface area contributed by atoms with Crippen LogP contribution >= 0.6 is 0 Å². The standard InChI is InChI=1S/C24H29FN2O5/c1-30-18-6-5-17(20(13-18)31-2)15-26-22(28)8-10-24(11-9-23(29)27-24)14-16-4-7-19(25)21(12-16)32-3/h4-7,12-13H,8-11,14-15H2,1-3H3,(H,26,28)(H,27,29)/t24-/m0/s1. The van der Waals surface area contributed by atoms with Gasteiger partial charge < -0.3 is 24.8 Å². The topological polar surface area (TPSA) is 85.9 Å². The van der Waals surface area contributed by atoms with Crippen molar-refractivity contribution in [3.05, 3.63) is 53.3 Å².